The second kappa shape index (κ2) is 6.76. The molecule has 0 bridgehead atoms. The molecule has 2 amide bonds. The van der Waals surface area contributed by atoms with E-state index >= 15 is 0 Å². The van der Waals surface area contributed by atoms with Gasteiger partial charge in [-0.15, -0.1) is 11.3 Å². The monoisotopic (exact) mass is 352 g/mol. The highest BCUT2D eigenvalue weighted by atomic mass is 35.5. The summed E-state index contributed by atoms with van der Waals surface area (Å²) in [6.45, 7) is 0. The van der Waals surface area contributed by atoms with Crippen molar-refractivity contribution in [2.24, 2.45) is 5.92 Å². The van der Waals surface area contributed by atoms with Gasteiger partial charge in [-0.3, -0.25) is 10.1 Å². The summed E-state index contributed by atoms with van der Waals surface area (Å²) in [5, 5.41) is 7.72. The van der Waals surface area contributed by atoms with Crippen molar-refractivity contribution in [2.75, 3.05) is 12.4 Å². The summed E-state index contributed by atoms with van der Waals surface area (Å²) in [6.07, 6.45) is 2.23. The molecule has 3 rings (SSSR count). The molecule has 23 heavy (non-hydrogen) atoms. The molecule has 0 radical (unpaired) electrons. The van der Waals surface area contributed by atoms with Crippen LogP contribution < -0.4 is 10.6 Å². The third-order valence-corrected chi connectivity index (χ3v) is 5.47. The van der Waals surface area contributed by atoms with E-state index in [0.29, 0.717) is 15.9 Å². The Morgan fingerprint density at radius 2 is 2.13 bits per heavy atom. The third kappa shape index (κ3) is 3.76. The minimum absolute atomic E-state index is 0.189. The number of methoxy groups -OCH3 is 1. The maximum Gasteiger partial charge on any atom is 0.320 e. The van der Waals surface area contributed by atoms with Gasteiger partial charge in [0.15, 0.2) is 0 Å². The van der Waals surface area contributed by atoms with E-state index in [-0.39, 0.29) is 24.5 Å². The van der Waals surface area contributed by atoms with Gasteiger partial charge in [0.25, 0.3) is 0 Å². The summed E-state index contributed by atoms with van der Waals surface area (Å²) in [7, 11) is 1.35. The number of urea groups is 1. The molecule has 2 N–H and O–H groups in total. The number of carbonyl (C=O) groups excluding carboxylic acids is 2. The highest BCUT2D eigenvalue weighted by molar-refractivity contribution is 7.23. The smallest absolute Gasteiger partial charge is 0.320 e. The first-order valence-electron chi connectivity index (χ1n) is 7.40. The lowest BCUT2D eigenvalue weighted by molar-refractivity contribution is -0.141. The van der Waals surface area contributed by atoms with E-state index in [0.717, 1.165) is 22.9 Å². The summed E-state index contributed by atoms with van der Waals surface area (Å²) in [6, 6.07) is 7.17. The lowest BCUT2D eigenvalue weighted by Crippen LogP contribution is -2.40. The van der Waals surface area contributed by atoms with Gasteiger partial charge >= 0.3 is 12.0 Å². The van der Waals surface area contributed by atoms with Crippen molar-refractivity contribution in [3.8, 4) is 0 Å². The van der Waals surface area contributed by atoms with Crippen molar-refractivity contribution in [2.45, 2.75) is 25.3 Å². The average molecular weight is 353 g/mol. The number of benzene rings is 1. The normalized spacial score (nSPS) is 15.2. The van der Waals surface area contributed by atoms with Crippen LogP contribution in [0.5, 0.6) is 0 Å². The lowest BCUT2D eigenvalue weighted by atomic mass is 10.1. The van der Waals surface area contributed by atoms with Gasteiger partial charge in [-0.25, -0.2) is 4.79 Å². The zero-order valence-electron chi connectivity index (χ0n) is 12.6. The van der Waals surface area contributed by atoms with Gasteiger partial charge in [0, 0.05) is 16.1 Å². The van der Waals surface area contributed by atoms with Gasteiger partial charge in [-0.1, -0.05) is 29.8 Å². The molecule has 1 heterocycles. The fourth-order valence-electron chi connectivity index (χ4n) is 2.50. The van der Waals surface area contributed by atoms with Crippen molar-refractivity contribution in [1.82, 2.24) is 5.32 Å². The molecule has 5 nitrogen and oxygen atoms in total. The Kier molecular flexibility index (Phi) is 4.73. The molecule has 1 aromatic heterocycles. The minimum atomic E-state index is -0.348. The molecule has 1 saturated carbocycles. The Labute approximate surface area is 143 Å². The Hall–Kier alpha value is -1.79. The molecule has 1 aromatic carbocycles. The molecule has 7 heteroatoms. The Morgan fingerprint density at radius 3 is 2.78 bits per heavy atom. The first kappa shape index (κ1) is 16.1. The fourth-order valence-corrected chi connectivity index (χ4v) is 3.87. The standard InChI is InChI=1S/C16H17ClN2O3S/c1-22-13(20)8-11(9-6-7-9)18-16(21)19-15-14(17)10-4-2-3-5-12(10)23-15/h2-5,9,11H,6-8H2,1H3,(H2,18,19,21)/t11-/m1/s1. The van der Waals surface area contributed by atoms with E-state index in [1.807, 2.05) is 24.3 Å². The number of nitrogens with one attached hydrogen (secondary N) is 2. The van der Waals surface area contributed by atoms with Gasteiger partial charge in [-0.2, -0.15) is 0 Å². The number of ether oxygens (including phenoxy) is 1. The van der Waals surface area contributed by atoms with Crippen LogP contribution >= 0.6 is 22.9 Å². The van der Waals surface area contributed by atoms with Gasteiger partial charge in [0.1, 0.15) is 5.00 Å². The second-order valence-corrected chi connectivity index (χ2v) is 6.99. The van der Waals surface area contributed by atoms with E-state index in [1.165, 1.54) is 18.4 Å². The molecule has 2 aromatic rings. The Morgan fingerprint density at radius 1 is 1.39 bits per heavy atom. The maximum absolute atomic E-state index is 12.2. The second-order valence-electron chi connectivity index (χ2n) is 5.56. The number of hydrogen-bond donors (Lipinski definition) is 2. The number of thiophene rings is 1. The highest BCUT2D eigenvalue weighted by Gasteiger charge is 2.34. The summed E-state index contributed by atoms with van der Waals surface area (Å²) in [5.74, 6) is 0.0276. The quantitative estimate of drug-likeness (QED) is 0.799. The number of hydrogen-bond acceptors (Lipinski definition) is 4. The minimum Gasteiger partial charge on any atom is -0.469 e. The first-order chi connectivity index (χ1) is 11.1. The number of carbonyl (C=O) groups is 2. The highest BCUT2D eigenvalue weighted by Crippen LogP contribution is 2.39. The lowest BCUT2D eigenvalue weighted by Gasteiger charge is -2.17. The number of rotatable bonds is 5. The van der Waals surface area contributed by atoms with Crippen LogP contribution in [0.25, 0.3) is 10.1 Å². The predicted molar refractivity (Wildman–Crippen MR) is 92.1 cm³/mol. The van der Waals surface area contributed by atoms with E-state index in [4.69, 9.17) is 11.6 Å². The topological polar surface area (TPSA) is 67.4 Å². The van der Waals surface area contributed by atoms with Gasteiger partial charge in [0.2, 0.25) is 0 Å². The van der Waals surface area contributed by atoms with Gasteiger partial charge < -0.3 is 10.1 Å². The largest absolute Gasteiger partial charge is 0.469 e. The molecule has 1 atom stereocenters. The van der Waals surface area contributed by atoms with Crippen LogP contribution in [0.3, 0.4) is 0 Å². The summed E-state index contributed by atoms with van der Waals surface area (Å²) in [5.41, 5.74) is 0. The van der Waals surface area contributed by atoms with E-state index in [1.54, 1.807) is 0 Å². The van der Waals surface area contributed by atoms with Crippen LogP contribution in [0.2, 0.25) is 5.02 Å². The first-order valence-corrected chi connectivity index (χ1v) is 8.59. The van der Waals surface area contributed by atoms with Crippen molar-refractivity contribution in [3.05, 3.63) is 29.3 Å². The number of halogens is 1. The predicted octanol–water partition coefficient (Wildman–Crippen LogP) is 4.02. The zero-order chi connectivity index (χ0) is 16.4. The molecule has 0 saturated heterocycles. The van der Waals surface area contributed by atoms with Gasteiger partial charge in [0.05, 0.1) is 18.6 Å². The van der Waals surface area contributed by atoms with Gasteiger partial charge in [-0.05, 0) is 24.8 Å². The fraction of sp³-hybridized carbons (Fsp3) is 0.375. The Balaban J connectivity index is 1.67. The number of esters is 1. The molecular formula is C16H17ClN2O3S. The molecule has 122 valence electrons. The van der Waals surface area contributed by atoms with Crippen molar-refractivity contribution < 1.29 is 14.3 Å². The van der Waals surface area contributed by atoms with Crippen LogP contribution in [0.1, 0.15) is 19.3 Å². The van der Waals surface area contributed by atoms with Crippen molar-refractivity contribution >= 4 is 50.0 Å². The summed E-state index contributed by atoms with van der Waals surface area (Å²) < 4.78 is 5.70. The Bertz CT molecular complexity index is 742. The zero-order valence-corrected chi connectivity index (χ0v) is 14.2. The molecule has 0 spiro atoms. The molecule has 0 unspecified atom stereocenters. The van der Waals surface area contributed by atoms with E-state index in [9.17, 15) is 9.59 Å². The van der Waals surface area contributed by atoms with Crippen LogP contribution in [0, 0.1) is 5.92 Å². The maximum atomic E-state index is 12.2. The molecule has 1 aliphatic carbocycles. The van der Waals surface area contributed by atoms with Crippen LogP contribution in [0.15, 0.2) is 24.3 Å². The summed E-state index contributed by atoms with van der Waals surface area (Å²) >= 11 is 7.74. The van der Waals surface area contributed by atoms with Crippen LogP contribution in [-0.2, 0) is 9.53 Å². The number of anilines is 1. The van der Waals surface area contributed by atoms with Crippen molar-refractivity contribution in [3.63, 3.8) is 0 Å². The number of amides is 2. The van der Waals surface area contributed by atoms with E-state index in [2.05, 4.69) is 15.4 Å². The molecule has 0 aliphatic heterocycles. The molecule has 1 aliphatic rings. The number of fused-ring (bicyclic) bond motifs is 1. The van der Waals surface area contributed by atoms with E-state index < -0.39 is 0 Å². The van der Waals surface area contributed by atoms with Crippen molar-refractivity contribution in [1.29, 1.82) is 0 Å². The third-order valence-electron chi connectivity index (χ3n) is 3.88. The van der Waals surface area contributed by atoms with Crippen LogP contribution in [-0.4, -0.2) is 25.2 Å². The molecule has 1 fully saturated rings. The van der Waals surface area contributed by atoms with Crippen LogP contribution in [0.4, 0.5) is 9.80 Å². The average Bonchev–Trinajstić information content (AvgIpc) is 3.34. The SMILES string of the molecule is COC(=O)C[C@@H](NC(=O)Nc1sc2ccccc2c1Cl)C1CC1. The molecular weight excluding hydrogens is 336 g/mol. The summed E-state index contributed by atoms with van der Waals surface area (Å²) in [4.78, 5) is 23.7.